The minimum absolute atomic E-state index is 0.285. The van der Waals surface area contributed by atoms with Gasteiger partial charge >= 0.3 is 0 Å². The molecule has 0 saturated heterocycles. The molecule has 1 aromatic carbocycles. The lowest BCUT2D eigenvalue weighted by molar-refractivity contribution is 0.386. The van der Waals surface area contributed by atoms with Gasteiger partial charge in [0.05, 0.1) is 7.11 Å². The highest BCUT2D eigenvalue weighted by atomic mass is 19.1. The maximum absolute atomic E-state index is 13.5. The fraction of sp³-hybridized carbons (Fsp3) is 0.571. The summed E-state index contributed by atoms with van der Waals surface area (Å²) in [7, 11) is 1.47. The summed E-state index contributed by atoms with van der Waals surface area (Å²) in [6, 6.07) is 5.86. The maximum atomic E-state index is 13.5. The maximum Gasteiger partial charge on any atom is 0.165 e. The molecule has 0 fully saturated rings. The lowest BCUT2D eigenvalue weighted by atomic mass is 10.2. The van der Waals surface area contributed by atoms with Gasteiger partial charge in [0, 0.05) is 25.2 Å². The normalized spacial score (nSPS) is 12.8. The molecular formula is C14H23FN2O. The van der Waals surface area contributed by atoms with Gasteiger partial charge in [-0.15, -0.1) is 0 Å². The third kappa shape index (κ3) is 5.02. The molecule has 1 aromatic rings. The second-order valence-electron chi connectivity index (χ2n) is 4.81. The lowest BCUT2D eigenvalue weighted by Crippen LogP contribution is -2.38. The van der Waals surface area contributed by atoms with Crippen LogP contribution in [0.2, 0.25) is 0 Å². The molecule has 0 heterocycles. The van der Waals surface area contributed by atoms with Crippen molar-refractivity contribution < 1.29 is 9.13 Å². The average Bonchev–Trinajstić information content (AvgIpc) is 2.34. The first kappa shape index (κ1) is 14.9. The van der Waals surface area contributed by atoms with Crippen molar-refractivity contribution in [3.05, 3.63) is 29.6 Å². The highest BCUT2D eigenvalue weighted by molar-refractivity contribution is 5.29. The summed E-state index contributed by atoms with van der Waals surface area (Å²) in [6.07, 6.45) is 0. The Hall–Kier alpha value is -1.13. The Morgan fingerprint density at radius 1 is 1.22 bits per heavy atom. The summed E-state index contributed by atoms with van der Waals surface area (Å²) in [5.74, 6) is -0.0296. The summed E-state index contributed by atoms with van der Waals surface area (Å²) in [5, 5.41) is 6.70. The monoisotopic (exact) mass is 254 g/mol. The molecule has 0 aliphatic carbocycles. The standard InChI is InChI=1S/C14H23FN2O/c1-10(2)16-8-11(3)17-9-12-5-6-14(18-4)13(15)7-12/h5-7,10-11,16-17H,8-9H2,1-4H3. The topological polar surface area (TPSA) is 33.3 Å². The first-order chi connectivity index (χ1) is 8.52. The first-order valence-electron chi connectivity index (χ1n) is 6.32. The first-order valence-corrected chi connectivity index (χ1v) is 6.32. The van der Waals surface area contributed by atoms with E-state index in [2.05, 4.69) is 31.4 Å². The van der Waals surface area contributed by atoms with E-state index in [4.69, 9.17) is 4.74 Å². The van der Waals surface area contributed by atoms with Crippen LogP contribution < -0.4 is 15.4 Å². The number of halogens is 1. The average molecular weight is 254 g/mol. The van der Waals surface area contributed by atoms with E-state index in [-0.39, 0.29) is 11.6 Å². The van der Waals surface area contributed by atoms with Crippen LogP contribution in [0.4, 0.5) is 4.39 Å². The summed E-state index contributed by atoms with van der Waals surface area (Å²) in [6.45, 7) is 7.89. The van der Waals surface area contributed by atoms with Crippen molar-refractivity contribution in [2.24, 2.45) is 0 Å². The van der Waals surface area contributed by atoms with Crippen LogP contribution in [0.15, 0.2) is 18.2 Å². The number of hydrogen-bond acceptors (Lipinski definition) is 3. The Bertz CT molecular complexity index is 369. The zero-order chi connectivity index (χ0) is 13.5. The fourth-order valence-corrected chi connectivity index (χ4v) is 1.60. The molecule has 0 aliphatic rings. The van der Waals surface area contributed by atoms with E-state index in [0.29, 0.717) is 18.6 Å². The van der Waals surface area contributed by atoms with Crippen LogP contribution in [0.1, 0.15) is 26.3 Å². The molecule has 0 bridgehead atoms. The van der Waals surface area contributed by atoms with Gasteiger partial charge in [0.25, 0.3) is 0 Å². The minimum Gasteiger partial charge on any atom is -0.494 e. The van der Waals surface area contributed by atoms with Crippen LogP contribution in [-0.4, -0.2) is 25.7 Å². The quantitative estimate of drug-likeness (QED) is 0.783. The smallest absolute Gasteiger partial charge is 0.165 e. The molecule has 0 aromatic heterocycles. The van der Waals surface area contributed by atoms with E-state index >= 15 is 0 Å². The molecule has 1 unspecified atom stereocenters. The van der Waals surface area contributed by atoms with Crippen LogP contribution in [0.5, 0.6) is 5.75 Å². The molecule has 0 aliphatic heterocycles. The van der Waals surface area contributed by atoms with Gasteiger partial charge in [-0.25, -0.2) is 4.39 Å². The third-order valence-electron chi connectivity index (χ3n) is 2.70. The molecule has 1 rings (SSSR count). The van der Waals surface area contributed by atoms with E-state index in [1.807, 2.05) is 6.07 Å². The van der Waals surface area contributed by atoms with Crippen molar-refractivity contribution in [3.8, 4) is 5.75 Å². The van der Waals surface area contributed by atoms with E-state index in [9.17, 15) is 4.39 Å². The van der Waals surface area contributed by atoms with Gasteiger partial charge < -0.3 is 15.4 Å². The molecule has 3 nitrogen and oxygen atoms in total. The molecule has 1 atom stereocenters. The summed E-state index contributed by atoms with van der Waals surface area (Å²) < 4.78 is 18.3. The molecule has 18 heavy (non-hydrogen) atoms. The predicted molar refractivity (Wildman–Crippen MR) is 72.4 cm³/mol. The van der Waals surface area contributed by atoms with Crippen molar-refractivity contribution in [2.45, 2.75) is 39.4 Å². The number of hydrogen-bond donors (Lipinski definition) is 2. The molecule has 0 spiro atoms. The van der Waals surface area contributed by atoms with Gasteiger partial charge in [0.15, 0.2) is 11.6 Å². The Labute approximate surface area is 109 Å². The number of nitrogens with one attached hydrogen (secondary N) is 2. The van der Waals surface area contributed by atoms with Crippen molar-refractivity contribution in [1.82, 2.24) is 10.6 Å². The molecule has 4 heteroatoms. The van der Waals surface area contributed by atoms with Gasteiger partial charge in [0.1, 0.15) is 0 Å². The number of rotatable bonds is 7. The second kappa shape index (κ2) is 7.34. The Morgan fingerprint density at radius 2 is 1.94 bits per heavy atom. The van der Waals surface area contributed by atoms with E-state index in [1.165, 1.54) is 13.2 Å². The van der Waals surface area contributed by atoms with Crippen LogP contribution in [0.25, 0.3) is 0 Å². The van der Waals surface area contributed by atoms with Gasteiger partial charge in [-0.1, -0.05) is 19.9 Å². The summed E-state index contributed by atoms with van der Waals surface area (Å²) >= 11 is 0. The SMILES string of the molecule is COc1ccc(CNC(C)CNC(C)C)cc1F. The van der Waals surface area contributed by atoms with Crippen LogP contribution in [0, 0.1) is 5.82 Å². The minimum atomic E-state index is -0.315. The van der Waals surface area contributed by atoms with Gasteiger partial charge in [-0.2, -0.15) is 0 Å². The lowest BCUT2D eigenvalue weighted by Gasteiger charge is -2.16. The van der Waals surface area contributed by atoms with Crippen LogP contribution >= 0.6 is 0 Å². The van der Waals surface area contributed by atoms with E-state index in [0.717, 1.165) is 12.1 Å². The van der Waals surface area contributed by atoms with Gasteiger partial charge in [-0.05, 0) is 24.6 Å². The highest BCUT2D eigenvalue weighted by Gasteiger charge is 2.05. The fourth-order valence-electron chi connectivity index (χ4n) is 1.60. The molecule has 102 valence electrons. The Morgan fingerprint density at radius 3 is 2.50 bits per heavy atom. The number of ether oxygens (including phenoxy) is 1. The molecule has 0 saturated carbocycles. The second-order valence-corrected chi connectivity index (χ2v) is 4.81. The van der Waals surface area contributed by atoms with E-state index < -0.39 is 0 Å². The van der Waals surface area contributed by atoms with E-state index in [1.54, 1.807) is 6.07 Å². The Balaban J connectivity index is 2.41. The molecule has 0 radical (unpaired) electrons. The van der Waals surface area contributed by atoms with Crippen molar-refractivity contribution in [2.75, 3.05) is 13.7 Å². The molecular weight excluding hydrogens is 231 g/mol. The molecule has 0 amide bonds. The number of benzene rings is 1. The van der Waals surface area contributed by atoms with Crippen molar-refractivity contribution >= 4 is 0 Å². The third-order valence-corrected chi connectivity index (χ3v) is 2.70. The Kier molecular flexibility index (Phi) is 6.09. The molecule has 2 N–H and O–H groups in total. The number of methoxy groups -OCH3 is 1. The zero-order valence-corrected chi connectivity index (χ0v) is 11.6. The van der Waals surface area contributed by atoms with Crippen LogP contribution in [0.3, 0.4) is 0 Å². The highest BCUT2D eigenvalue weighted by Crippen LogP contribution is 2.17. The summed E-state index contributed by atoms with van der Waals surface area (Å²) in [5.41, 5.74) is 0.921. The van der Waals surface area contributed by atoms with Gasteiger partial charge in [0.2, 0.25) is 0 Å². The van der Waals surface area contributed by atoms with Crippen molar-refractivity contribution in [1.29, 1.82) is 0 Å². The van der Waals surface area contributed by atoms with Gasteiger partial charge in [-0.3, -0.25) is 0 Å². The van der Waals surface area contributed by atoms with Crippen molar-refractivity contribution in [3.63, 3.8) is 0 Å². The zero-order valence-electron chi connectivity index (χ0n) is 11.6. The largest absolute Gasteiger partial charge is 0.494 e. The predicted octanol–water partition coefficient (Wildman–Crippen LogP) is 2.31. The van der Waals surface area contributed by atoms with Crippen LogP contribution in [-0.2, 0) is 6.54 Å². The summed E-state index contributed by atoms with van der Waals surface area (Å²) in [4.78, 5) is 0.